The molecule has 7 nitrogen and oxygen atoms in total. The van der Waals surface area contributed by atoms with Gasteiger partial charge in [-0.05, 0) is 34.1 Å². The van der Waals surface area contributed by atoms with E-state index in [-0.39, 0.29) is 30.5 Å². The van der Waals surface area contributed by atoms with E-state index < -0.39 is 16.0 Å². The van der Waals surface area contributed by atoms with Crippen LogP contribution in [-0.4, -0.2) is 39.7 Å². The molecular formula is C13H15BrN2O5S. The van der Waals surface area contributed by atoms with Gasteiger partial charge in [-0.15, -0.1) is 0 Å². The third kappa shape index (κ3) is 3.84. The average molecular weight is 391 g/mol. The summed E-state index contributed by atoms with van der Waals surface area (Å²) in [6, 6.07) is 4.79. The standard InChI is InChI=1S/C13H15BrN2O5S/c1-21-13(18)10-3-2-9(5-11(10)14)16-6-8(4-12(16)17)7-22(15,19)20/h2-3,5,8H,4,6-7H2,1H3,(H2,15,19,20). The van der Waals surface area contributed by atoms with Crippen molar-refractivity contribution in [3.8, 4) is 0 Å². The number of amides is 1. The molecule has 0 bridgehead atoms. The van der Waals surface area contributed by atoms with Crippen molar-refractivity contribution in [3.05, 3.63) is 28.2 Å². The van der Waals surface area contributed by atoms with Crippen LogP contribution in [0.25, 0.3) is 0 Å². The lowest BCUT2D eigenvalue weighted by Crippen LogP contribution is -2.27. The van der Waals surface area contributed by atoms with Gasteiger partial charge < -0.3 is 9.64 Å². The molecular weight excluding hydrogens is 376 g/mol. The number of primary sulfonamides is 1. The molecule has 1 aliphatic rings. The summed E-state index contributed by atoms with van der Waals surface area (Å²) in [5.74, 6) is -1.22. The molecule has 0 aromatic heterocycles. The second kappa shape index (κ2) is 6.35. The van der Waals surface area contributed by atoms with Crippen LogP contribution in [0.15, 0.2) is 22.7 Å². The zero-order chi connectivity index (χ0) is 16.5. The summed E-state index contributed by atoms with van der Waals surface area (Å²) in [4.78, 5) is 25.1. The van der Waals surface area contributed by atoms with E-state index in [0.717, 1.165) is 0 Å². The van der Waals surface area contributed by atoms with Crippen LogP contribution in [0.2, 0.25) is 0 Å². The number of anilines is 1. The van der Waals surface area contributed by atoms with Crippen LogP contribution in [0.1, 0.15) is 16.8 Å². The SMILES string of the molecule is COC(=O)c1ccc(N2CC(CS(N)(=O)=O)CC2=O)cc1Br. The van der Waals surface area contributed by atoms with Crippen LogP contribution < -0.4 is 10.0 Å². The molecule has 1 aromatic rings. The van der Waals surface area contributed by atoms with Crippen molar-refractivity contribution >= 4 is 43.5 Å². The first kappa shape index (κ1) is 16.9. The maximum absolute atomic E-state index is 12.0. The van der Waals surface area contributed by atoms with Crippen LogP contribution in [0.4, 0.5) is 5.69 Å². The summed E-state index contributed by atoms with van der Waals surface area (Å²) in [6.07, 6.45) is 0.132. The number of methoxy groups -OCH3 is 1. The largest absolute Gasteiger partial charge is 0.465 e. The van der Waals surface area contributed by atoms with E-state index in [1.807, 2.05) is 0 Å². The number of esters is 1. The Balaban J connectivity index is 2.20. The first-order chi connectivity index (χ1) is 10.2. The van der Waals surface area contributed by atoms with Crippen molar-refractivity contribution in [2.24, 2.45) is 11.1 Å². The van der Waals surface area contributed by atoms with E-state index in [1.165, 1.54) is 12.0 Å². The Hall–Kier alpha value is -1.45. The van der Waals surface area contributed by atoms with Gasteiger partial charge in [-0.2, -0.15) is 0 Å². The molecule has 1 atom stereocenters. The minimum absolute atomic E-state index is 0.132. The first-order valence-electron chi connectivity index (χ1n) is 6.40. The lowest BCUT2D eigenvalue weighted by atomic mass is 10.1. The smallest absolute Gasteiger partial charge is 0.339 e. The van der Waals surface area contributed by atoms with E-state index in [1.54, 1.807) is 18.2 Å². The summed E-state index contributed by atoms with van der Waals surface area (Å²) >= 11 is 3.26. The van der Waals surface area contributed by atoms with E-state index in [0.29, 0.717) is 15.7 Å². The summed E-state index contributed by atoms with van der Waals surface area (Å²) in [6.45, 7) is 0.277. The van der Waals surface area contributed by atoms with E-state index in [4.69, 9.17) is 5.14 Å². The normalized spacial score (nSPS) is 18.6. The maximum Gasteiger partial charge on any atom is 0.339 e. The molecule has 1 saturated heterocycles. The zero-order valence-corrected chi connectivity index (χ0v) is 14.2. The van der Waals surface area contributed by atoms with Gasteiger partial charge in [0.05, 0.1) is 18.4 Å². The monoisotopic (exact) mass is 390 g/mol. The van der Waals surface area contributed by atoms with Gasteiger partial charge in [-0.1, -0.05) is 0 Å². The molecule has 1 aromatic carbocycles. The lowest BCUT2D eigenvalue weighted by molar-refractivity contribution is -0.117. The molecule has 120 valence electrons. The molecule has 1 amide bonds. The van der Waals surface area contributed by atoms with Crippen molar-refractivity contribution in [2.45, 2.75) is 6.42 Å². The van der Waals surface area contributed by atoms with Gasteiger partial charge in [0.1, 0.15) is 0 Å². The summed E-state index contributed by atoms with van der Waals surface area (Å²) < 4.78 is 27.4. The zero-order valence-electron chi connectivity index (χ0n) is 11.8. The second-order valence-electron chi connectivity index (χ2n) is 5.06. The highest BCUT2D eigenvalue weighted by Crippen LogP contribution is 2.29. The van der Waals surface area contributed by atoms with Crippen LogP contribution in [0.5, 0.6) is 0 Å². The predicted molar refractivity (Wildman–Crippen MR) is 83.9 cm³/mol. The molecule has 1 heterocycles. The van der Waals surface area contributed by atoms with Crippen molar-refractivity contribution in [1.29, 1.82) is 0 Å². The summed E-state index contributed by atoms with van der Waals surface area (Å²) in [7, 11) is -2.33. The van der Waals surface area contributed by atoms with Gasteiger partial charge in [0.25, 0.3) is 0 Å². The number of nitrogens with zero attached hydrogens (tertiary/aromatic N) is 1. The third-order valence-electron chi connectivity index (χ3n) is 3.34. The molecule has 22 heavy (non-hydrogen) atoms. The minimum Gasteiger partial charge on any atom is -0.465 e. The molecule has 0 spiro atoms. The van der Waals surface area contributed by atoms with Gasteiger partial charge in [0, 0.05) is 29.0 Å². The molecule has 0 radical (unpaired) electrons. The van der Waals surface area contributed by atoms with Crippen LogP contribution in [-0.2, 0) is 19.6 Å². The number of nitrogens with two attached hydrogens (primary N) is 1. The van der Waals surface area contributed by atoms with Gasteiger partial charge in [-0.25, -0.2) is 18.4 Å². The maximum atomic E-state index is 12.0. The molecule has 0 aliphatic carbocycles. The number of rotatable bonds is 4. The molecule has 0 saturated carbocycles. The number of sulfonamides is 1. The Morgan fingerprint density at radius 3 is 2.73 bits per heavy atom. The van der Waals surface area contributed by atoms with Crippen molar-refractivity contribution < 1.29 is 22.7 Å². The van der Waals surface area contributed by atoms with E-state index in [2.05, 4.69) is 20.7 Å². The van der Waals surface area contributed by atoms with Gasteiger partial charge in [0.2, 0.25) is 15.9 Å². The summed E-state index contributed by atoms with van der Waals surface area (Å²) in [5, 5.41) is 5.02. The van der Waals surface area contributed by atoms with Gasteiger partial charge >= 0.3 is 5.97 Å². The molecule has 1 unspecified atom stereocenters. The first-order valence-corrected chi connectivity index (χ1v) is 8.91. The van der Waals surface area contributed by atoms with Crippen molar-refractivity contribution in [3.63, 3.8) is 0 Å². The highest BCUT2D eigenvalue weighted by molar-refractivity contribution is 9.10. The fourth-order valence-corrected chi connectivity index (χ4v) is 3.83. The number of carbonyl (C=O) groups excluding carboxylic acids is 2. The number of halogens is 1. The Kier molecular flexibility index (Phi) is 4.88. The molecule has 2 N–H and O–H groups in total. The van der Waals surface area contributed by atoms with E-state index >= 15 is 0 Å². The second-order valence-corrected chi connectivity index (χ2v) is 7.57. The third-order valence-corrected chi connectivity index (χ3v) is 4.93. The Morgan fingerprint density at radius 2 is 2.18 bits per heavy atom. The molecule has 1 fully saturated rings. The molecule has 2 rings (SSSR count). The Labute approximate surface area is 136 Å². The number of ether oxygens (including phenoxy) is 1. The topological polar surface area (TPSA) is 107 Å². The summed E-state index contributed by atoms with van der Waals surface area (Å²) in [5.41, 5.74) is 0.931. The van der Waals surface area contributed by atoms with Crippen LogP contribution >= 0.6 is 15.9 Å². The quantitative estimate of drug-likeness (QED) is 0.767. The molecule has 1 aliphatic heterocycles. The van der Waals surface area contributed by atoms with Crippen molar-refractivity contribution in [1.82, 2.24) is 0 Å². The molecule has 9 heteroatoms. The van der Waals surface area contributed by atoms with Crippen molar-refractivity contribution in [2.75, 3.05) is 24.3 Å². The predicted octanol–water partition coefficient (Wildman–Crippen LogP) is 0.877. The Bertz CT molecular complexity index is 719. The van der Waals surface area contributed by atoms with Gasteiger partial charge in [-0.3, -0.25) is 4.79 Å². The Morgan fingerprint density at radius 1 is 1.50 bits per heavy atom. The number of carbonyl (C=O) groups is 2. The van der Waals surface area contributed by atoms with Crippen LogP contribution in [0, 0.1) is 5.92 Å². The number of hydrogen-bond donors (Lipinski definition) is 1. The number of benzene rings is 1. The fourth-order valence-electron chi connectivity index (χ4n) is 2.42. The fraction of sp³-hybridized carbons (Fsp3) is 0.385. The average Bonchev–Trinajstić information content (AvgIpc) is 2.76. The van der Waals surface area contributed by atoms with Gasteiger partial charge in [0.15, 0.2) is 0 Å². The highest BCUT2D eigenvalue weighted by Gasteiger charge is 2.33. The lowest BCUT2D eigenvalue weighted by Gasteiger charge is -2.17. The minimum atomic E-state index is -3.62. The van der Waals surface area contributed by atoms with Crippen LogP contribution in [0.3, 0.4) is 0 Å². The van der Waals surface area contributed by atoms with E-state index in [9.17, 15) is 18.0 Å². The highest BCUT2D eigenvalue weighted by atomic mass is 79.9. The number of hydrogen-bond acceptors (Lipinski definition) is 5.